The van der Waals surface area contributed by atoms with E-state index in [-0.39, 0.29) is 4.90 Å². The van der Waals surface area contributed by atoms with Gasteiger partial charge in [-0.1, -0.05) is 48.0 Å². The lowest BCUT2D eigenvalue weighted by Crippen LogP contribution is -2.16. The van der Waals surface area contributed by atoms with Crippen molar-refractivity contribution in [3.63, 3.8) is 0 Å². The van der Waals surface area contributed by atoms with E-state index in [1.165, 1.54) is 0 Å². The van der Waals surface area contributed by atoms with Gasteiger partial charge in [0.15, 0.2) is 0 Å². The number of hydrogen-bond acceptors (Lipinski definition) is 3. The molecule has 0 N–H and O–H groups in total. The first-order valence-electron chi connectivity index (χ1n) is 6.93. The van der Waals surface area contributed by atoms with Crippen LogP contribution in [0.2, 0.25) is 0 Å². The summed E-state index contributed by atoms with van der Waals surface area (Å²) in [6.45, 7) is 3.71. The van der Waals surface area contributed by atoms with Gasteiger partial charge in [-0.3, -0.25) is 0 Å². The van der Waals surface area contributed by atoms with E-state index in [1.54, 1.807) is 37.3 Å². The van der Waals surface area contributed by atoms with Gasteiger partial charge in [0.05, 0.1) is 16.3 Å². The third kappa shape index (κ3) is 2.55. The zero-order chi connectivity index (χ0) is 15.7. The summed E-state index contributed by atoms with van der Waals surface area (Å²) in [6.07, 6.45) is 0. The molecule has 0 bridgehead atoms. The quantitative estimate of drug-likeness (QED) is 0.745. The van der Waals surface area contributed by atoms with Gasteiger partial charge in [0.25, 0.3) is 10.0 Å². The first-order chi connectivity index (χ1) is 10.5. The Hall–Kier alpha value is -2.40. The van der Waals surface area contributed by atoms with E-state index < -0.39 is 10.0 Å². The molecule has 0 radical (unpaired) electrons. The summed E-state index contributed by atoms with van der Waals surface area (Å²) in [6, 6.07) is 18.0. The standard InChI is InChI=1S/C17H16N2O2S/c1-13-8-10-16(11-9-13)22(20,21)19-17(12-14(2)18-19)15-6-4-3-5-7-15/h3-12H,1-2H3. The van der Waals surface area contributed by atoms with Gasteiger partial charge < -0.3 is 0 Å². The number of aromatic nitrogens is 2. The molecule has 2 aromatic carbocycles. The van der Waals surface area contributed by atoms with Crippen molar-refractivity contribution < 1.29 is 8.42 Å². The summed E-state index contributed by atoms with van der Waals surface area (Å²) in [5, 5.41) is 4.19. The molecule has 0 atom stereocenters. The lowest BCUT2D eigenvalue weighted by Gasteiger charge is -2.09. The Bertz CT molecular complexity index is 896. The van der Waals surface area contributed by atoms with Crippen LogP contribution in [0.1, 0.15) is 11.3 Å². The summed E-state index contributed by atoms with van der Waals surface area (Å²) in [4.78, 5) is 0.235. The van der Waals surface area contributed by atoms with Crippen molar-refractivity contribution in [3.05, 3.63) is 71.9 Å². The van der Waals surface area contributed by atoms with E-state index in [2.05, 4.69) is 5.10 Å². The fourth-order valence-electron chi connectivity index (χ4n) is 2.28. The topological polar surface area (TPSA) is 52.0 Å². The molecule has 0 aliphatic heterocycles. The Labute approximate surface area is 130 Å². The summed E-state index contributed by atoms with van der Waals surface area (Å²) in [5.74, 6) is 0. The number of benzene rings is 2. The molecule has 0 saturated carbocycles. The fourth-order valence-corrected chi connectivity index (χ4v) is 3.61. The van der Waals surface area contributed by atoms with Gasteiger partial charge >= 0.3 is 0 Å². The fraction of sp³-hybridized carbons (Fsp3) is 0.118. The molecule has 5 heteroatoms. The largest absolute Gasteiger partial charge is 0.283 e. The highest BCUT2D eigenvalue weighted by Crippen LogP contribution is 2.24. The van der Waals surface area contributed by atoms with Crippen LogP contribution in [-0.2, 0) is 10.0 Å². The third-order valence-electron chi connectivity index (χ3n) is 3.42. The third-order valence-corrected chi connectivity index (χ3v) is 5.02. The molecule has 3 aromatic rings. The van der Waals surface area contributed by atoms with Crippen LogP contribution in [0.5, 0.6) is 0 Å². The van der Waals surface area contributed by atoms with E-state index in [4.69, 9.17) is 0 Å². The van der Waals surface area contributed by atoms with Gasteiger partial charge in [-0.15, -0.1) is 0 Å². The highest BCUT2D eigenvalue weighted by atomic mass is 32.2. The maximum absolute atomic E-state index is 12.9. The molecule has 0 fully saturated rings. The zero-order valence-corrected chi connectivity index (χ0v) is 13.2. The Morgan fingerprint density at radius 1 is 0.909 bits per heavy atom. The number of aryl methyl sites for hydroxylation is 2. The Balaban J connectivity index is 2.18. The van der Waals surface area contributed by atoms with E-state index in [1.807, 2.05) is 37.3 Å². The van der Waals surface area contributed by atoms with Crippen LogP contribution < -0.4 is 0 Å². The molecule has 0 spiro atoms. The highest BCUT2D eigenvalue weighted by molar-refractivity contribution is 7.90. The molecule has 3 rings (SSSR count). The predicted octanol–water partition coefficient (Wildman–Crippen LogP) is 3.40. The molecule has 0 saturated heterocycles. The monoisotopic (exact) mass is 312 g/mol. The maximum atomic E-state index is 12.9. The van der Waals surface area contributed by atoms with Crippen molar-refractivity contribution in [2.45, 2.75) is 18.7 Å². The summed E-state index contributed by atoms with van der Waals surface area (Å²) >= 11 is 0. The van der Waals surface area contributed by atoms with Crippen molar-refractivity contribution in [3.8, 4) is 11.3 Å². The van der Waals surface area contributed by atoms with Crippen molar-refractivity contribution >= 4 is 10.0 Å². The second-order valence-electron chi connectivity index (χ2n) is 5.20. The minimum atomic E-state index is -3.71. The van der Waals surface area contributed by atoms with Gasteiger partial charge in [-0.2, -0.15) is 17.6 Å². The Morgan fingerprint density at radius 3 is 2.18 bits per heavy atom. The minimum absolute atomic E-state index is 0.235. The van der Waals surface area contributed by atoms with E-state index in [0.717, 1.165) is 15.2 Å². The Morgan fingerprint density at radius 2 is 1.55 bits per heavy atom. The normalized spacial score (nSPS) is 11.5. The van der Waals surface area contributed by atoms with Gasteiger partial charge in [0, 0.05) is 5.56 Å². The van der Waals surface area contributed by atoms with Crippen LogP contribution in [0.15, 0.2) is 65.6 Å². The van der Waals surface area contributed by atoms with Crippen LogP contribution in [0.4, 0.5) is 0 Å². The average molecular weight is 312 g/mol. The SMILES string of the molecule is Cc1ccc(S(=O)(=O)n2nc(C)cc2-c2ccccc2)cc1. The lowest BCUT2D eigenvalue weighted by molar-refractivity contribution is 0.580. The molecule has 0 amide bonds. The molecule has 0 aliphatic rings. The van der Waals surface area contributed by atoms with Crippen LogP contribution in [0.25, 0.3) is 11.3 Å². The summed E-state index contributed by atoms with van der Waals surface area (Å²) < 4.78 is 26.8. The summed E-state index contributed by atoms with van der Waals surface area (Å²) in [7, 11) is -3.71. The lowest BCUT2D eigenvalue weighted by atomic mass is 10.1. The van der Waals surface area contributed by atoms with Gasteiger partial charge in [0.1, 0.15) is 0 Å². The van der Waals surface area contributed by atoms with Crippen LogP contribution >= 0.6 is 0 Å². The van der Waals surface area contributed by atoms with E-state index in [0.29, 0.717) is 11.4 Å². The van der Waals surface area contributed by atoms with Crippen molar-refractivity contribution in [2.75, 3.05) is 0 Å². The minimum Gasteiger partial charge on any atom is -0.199 e. The van der Waals surface area contributed by atoms with Crippen LogP contribution in [-0.4, -0.2) is 17.6 Å². The molecule has 1 heterocycles. The summed E-state index contributed by atoms with van der Waals surface area (Å²) in [5.41, 5.74) is 3.06. The molecular weight excluding hydrogens is 296 g/mol. The zero-order valence-electron chi connectivity index (χ0n) is 12.4. The molecule has 0 aliphatic carbocycles. The molecule has 4 nitrogen and oxygen atoms in total. The van der Waals surface area contributed by atoms with Crippen molar-refractivity contribution in [2.24, 2.45) is 0 Å². The number of nitrogens with zero attached hydrogens (tertiary/aromatic N) is 2. The highest BCUT2D eigenvalue weighted by Gasteiger charge is 2.22. The Kier molecular flexibility index (Phi) is 3.58. The molecular formula is C17H16N2O2S. The first-order valence-corrected chi connectivity index (χ1v) is 8.37. The van der Waals surface area contributed by atoms with E-state index >= 15 is 0 Å². The van der Waals surface area contributed by atoms with Gasteiger partial charge in [-0.25, -0.2) is 0 Å². The molecule has 112 valence electrons. The second-order valence-corrected chi connectivity index (χ2v) is 6.97. The van der Waals surface area contributed by atoms with Gasteiger partial charge in [-0.05, 0) is 32.0 Å². The van der Waals surface area contributed by atoms with Crippen molar-refractivity contribution in [1.82, 2.24) is 9.19 Å². The average Bonchev–Trinajstić information content (AvgIpc) is 2.91. The number of rotatable bonds is 3. The van der Waals surface area contributed by atoms with Crippen molar-refractivity contribution in [1.29, 1.82) is 0 Å². The molecule has 22 heavy (non-hydrogen) atoms. The predicted molar refractivity (Wildman–Crippen MR) is 86.2 cm³/mol. The molecule has 0 unspecified atom stereocenters. The second kappa shape index (κ2) is 5.42. The van der Waals surface area contributed by atoms with Crippen LogP contribution in [0, 0.1) is 13.8 Å². The molecule has 1 aromatic heterocycles. The van der Waals surface area contributed by atoms with Gasteiger partial charge in [0.2, 0.25) is 0 Å². The smallest absolute Gasteiger partial charge is 0.199 e. The maximum Gasteiger partial charge on any atom is 0.283 e. The van der Waals surface area contributed by atoms with Crippen LogP contribution in [0.3, 0.4) is 0 Å². The number of hydrogen-bond donors (Lipinski definition) is 0. The first kappa shape index (κ1) is 14.5. The van der Waals surface area contributed by atoms with E-state index in [9.17, 15) is 8.42 Å².